The van der Waals surface area contributed by atoms with Crippen molar-refractivity contribution < 1.29 is 38.4 Å². The molecule has 0 radical (unpaired) electrons. The molecule has 14 heteroatoms. The summed E-state index contributed by atoms with van der Waals surface area (Å²) in [4.78, 5) is 77.8. The maximum absolute atomic E-state index is 13.9. The van der Waals surface area contributed by atoms with Gasteiger partial charge in [0.25, 0.3) is 11.6 Å². The summed E-state index contributed by atoms with van der Waals surface area (Å²) in [5, 5.41) is 15.1. The number of carbonyl (C=O) groups is 5. The van der Waals surface area contributed by atoms with Gasteiger partial charge in [-0.1, -0.05) is 60.7 Å². The predicted octanol–water partition coefficient (Wildman–Crippen LogP) is 2.79. The highest BCUT2D eigenvalue weighted by molar-refractivity contribution is 8.01. The van der Waals surface area contributed by atoms with E-state index in [2.05, 4.69) is 10.6 Å². The van der Waals surface area contributed by atoms with Gasteiger partial charge in [0.2, 0.25) is 18.0 Å². The minimum Gasteiger partial charge on any atom is -0.460 e. The number of benzene rings is 3. The van der Waals surface area contributed by atoms with Crippen LogP contribution in [0.25, 0.3) is 0 Å². The largest absolute Gasteiger partial charge is 0.460 e. The highest BCUT2D eigenvalue weighted by Crippen LogP contribution is 2.54. The number of esters is 2. The summed E-state index contributed by atoms with van der Waals surface area (Å²) in [7, 11) is 0. The fourth-order valence-electron chi connectivity index (χ4n) is 5.48. The van der Waals surface area contributed by atoms with Crippen LogP contribution in [0.5, 0.6) is 0 Å². The molecule has 0 bridgehead atoms. The summed E-state index contributed by atoms with van der Waals surface area (Å²) >= 11 is 1.20. The smallest absolute Gasteiger partial charge is 0.330 e. The van der Waals surface area contributed by atoms with E-state index in [0.29, 0.717) is 5.56 Å². The predicted molar refractivity (Wildman–Crippen MR) is 164 cm³/mol. The Morgan fingerprint density at radius 3 is 2.15 bits per heavy atom. The topological polar surface area (TPSA) is 174 Å². The first kappa shape index (κ1) is 32.2. The van der Waals surface area contributed by atoms with Crippen LogP contribution in [0, 0.1) is 10.1 Å². The highest BCUT2D eigenvalue weighted by atomic mass is 32.2. The summed E-state index contributed by atoms with van der Waals surface area (Å²) < 4.78 is 10.1. The highest BCUT2D eigenvalue weighted by Gasteiger charge is 2.73. The van der Waals surface area contributed by atoms with E-state index in [4.69, 9.17) is 9.47 Å². The number of nitrogens with one attached hydrogen (secondary N) is 2. The average molecular weight is 647 g/mol. The number of hydrogen-bond donors (Lipinski definition) is 2. The van der Waals surface area contributed by atoms with E-state index in [1.54, 1.807) is 44.2 Å². The van der Waals surface area contributed by atoms with E-state index in [9.17, 15) is 34.1 Å². The van der Waals surface area contributed by atoms with Gasteiger partial charge in [-0.05, 0) is 42.7 Å². The second kappa shape index (κ2) is 13.0. The molecule has 0 aromatic heterocycles. The van der Waals surface area contributed by atoms with Crippen LogP contribution in [0.3, 0.4) is 0 Å². The number of β-lactam (4-membered cyclic amide) rings is 1. The molecule has 3 amide bonds. The number of fused-ring (bicyclic) bond motifs is 1. The van der Waals surface area contributed by atoms with E-state index in [0.717, 1.165) is 5.56 Å². The first-order chi connectivity index (χ1) is 22.0. The molecule has 46 heavy (non-hydrogen) atoms. The lowest BCUT2D eigenvalue weighted by Gasteiger charge is -2.52. The summed E-state index contributed by atoms with van der Waals surface area (Å²) in [6.07, 6.45) is 0.272. The third-order valence-corrected chi connectivity index (χ3v) is 9.39. The van der Waals surface area contributed by atoms with Gasteiger partial charge in [-0.3, -0.25) is 29.3 Å². The molecule has 2 aliphatic heterocycles. The second-order valence-electron chi connectivity index (χ2n) is 11.2. The van der Waals surface area contributed by atoms with Crippen LogP contribution in [0.4, 0.5) is 5.69 Å². The standard InChI is InChI=1S/C32H30N4O9S/c1-31(2)25(28(40)45-17-20-9-5-3-6-10-20)35-29(41)32(33-19-37,30(35)46-31)34-26(38)24(22-11-7-4-8-12-22)27(39)44-18-21-13-15-23(16-14-21)36(42)43/h3-16,19,24-25,30H,17-18H2,1-2H3,(H,33,37)(H,34,38)/t24?,25-,30+,32+/m0/s1. The van der Waals surface area contributed by atoms with Crippen molar-refractivity contribution in [1.29, 1.82) is 0 Å². The first-order valence-electron chi connectivity index (χ1n) is 14.2. The zero-order chi connectivity index (χ0) is 33.1. The zero-order valence-corrected chi connectivity index (χ0v) is 25.6. The Morgan fingerprint density at radius 2 is 1.54 bits per heavy atom. The molecule has 2 fully saturated rings. The molecule has 2 aliphatic rings. The molecule has 3 aromatic rings. The van der Waals surface area contributed by atoms with Crippen LogP contribution < -0.4 is 10.6 Å². The Kier molecular flexibility index (Phi) is 9.10. The Morgan fingerprint density at radius 1 is 0.957 bits per heavy atom. The van der Waals surface area contributed by atoms with Gasteiger partial charge in [0.1, 0.15) is 24.6 Å². The fraction of sp³-hybridized carbons (Fsp3) is 0.281. The van der Waals surface area contributed by atoms with Crippen LogP contribution in [-0.2, 0) is 46.7 Å². The number of carbonyl (C=O) groups excluding carboxylic acids is 5. The molecule has 0 saturated carbocycles. The number of nitro benzene ring substituents is 1. The zero-order valence-electron chi connectivity index (χ0n) is 24.8. The molecule has 2 heterocycles. The molecule has 2 saturated heterocycles. The lowest BCUT2D eigenvalue weighted by atomic mass is 9.90. The van der Waals surface area contributed by atoms with Gasteiger partial charge >= 0.3 is 11.9 Å². The molecule has 2 N–H and O–H groups in total. The van der Waals surface area contributed by atoms with Gasteiger partial charge in [0.15, 0.2) is 5.92 Å². The lowest BCUT2D eigenvalue weighted by Crippen LogP contribution is -2.85. The molecular weight excluding hydrogens is 616 g/mol. The number of nitrogens with zero attached hydrogens (tertiary/aromatic N) is 2. The van der Waals surface area contributed by atoms with Crippen molar-refractivity contribution >= 4 is 47.6 Å². The molecule has 0 spiro atoms. The third-order valence-electron chi connectivity index (χ3n) is 7.76. The minimum atomic E-state index is -1.96. The maximum atomic E-state index is 13.9. The van der Waals surface area contributed by atoms with Gasteiger partial charge < -0.3 is 25.0 Å². The molecule has 13 nitrogen and oxygen atoms in total. The molecule has 0 aliphatic carbocycles. The van der Waals surface area contributed by atoms with Crippen molar-refractivity contribution in [2.75, 3.05) is 0 Å². The second-order valence-corrected chi connectivity index (χ2v) is 13.0. The number of hydrogen-bond acceptors (Lipinski definition) is 10. The summed E-state index contributed by atoms with van der Waals surface area (Å²) in [6.45, 7) is 3.23. The molecule has 1 unspecified atom stereocenters. The Hall–Kier alpha value is -5.24. The maximum Gasteiger partial charge on any atom is 0.330 e. The molecule has 3 aromatic carbocycles. The summed E-state index contributed by atoms with van der Waals surface area (Å²) in [5.74, 6) is -4.80. The third kappa shape index (κ3) is 6.15. The number of thioether (sulfide) groups is 1. The van der Waals surface area contributed by atoms with E-state index >= 15 is 0 Å². The van der Waals surface area contributed by atoms with Crippen LogP contribution >= 0.6 is 11.8 Å². The number of amides is 3. The molecule has 4 atom stereocenters. The van der Waals surface area contributed by atoms with Crippen molar-refractivity contribution in [2.45, 2.75) is 54.8 Å². The number of ether oxygens (including phenoxy) is 2. The van der Waals surface area contributed by atoms with E-state index in [1.807, 2.05) is 18.2 Å². The summed E-state index contributed by atoms with van der Waals surface area (Å²) in [5.41, 5.74) is -0.614. The number of nitro groups is 1. The lowest BCUT2D eigenvalue weighted by molar-refractivity contribution is -0.384. The minimum absolute atomic E-state index is 0.00117. The molecule has 238 valence electrons. The van der Waals surface area contributed by atoms with Gasteiger partial charge in [-0.25, -0.2) is 4.79 Å². The monoisotopic (exact) mass is 646 g/mol. The van der Waals surface area contributed by atoms with Crippen molar-refractivity contribution in [1.82, 2.24) is 15.5 Å². The van der Waals surface area contributed by atoms with Gasteiger partial charge in [0, 0.05) is 16.9 Å². The molecular formula is C32H30N4O9S. The number of rotatable bonds is 12. The van der Waals surface area contributed by atoms with Gasteiger partial charge in [-0.15, -0.1) is 11.8 Å². The van der Waals surface area contributed by atoms with E-state index in [-0.39, 0.29) is 30.9 Å². The van der Waals surface area contributed by atoms with E-state index in [1.165, 1.54) is 53.1 Å². The van der Waals surface area contributed by atoms with Gasteiger partial charge in [0.05, 0.1) is 4.92 Å². The SMILES string of the molecule is CC1(C)S[C@H]2N(C(=O)[C@@]2(NC=O)NC(=O)C(C(=O)OCc2ccc([N+](=O)[O-])cc2)c2ccccc2)[C@H]1C(=O)OCc1ccccc1. The van der Waals surface area contributed by atoms with Crippen LogP contribution in [-0.4, -0.2) is 61.8 Å². The Labute approximate surface area is 267 Å². The van der Waals surface area contributed by atoms with Gasteiger partial charge in [-0.2, -0.15) is 0 Å². The Balaban J connectivity index is 1.35. The van der Waals surface area contributed by atoms with Crippen molar-refractivity contribution in [2.24, 2.45) is 0 Å². The molecule has 5 rings (SSSR count). The normalized spacial score (nSPS) is 21.6. The summed E-state index contributed by atoms with van der Waals surface area (Å²) in [6, 6.07) is 21.4. The fourth-order valence-corrected chi connectivity index (χ4v) is 7.13. The van der Waals surface area contributed by atoms with Crippen molar-refractivity contribution in [3.63, 3.8) is 0 Å². The van der Waals surface area contributed by atoms with E-state index < -0.39 is 56.4 Å². The van der Waals surface area contributed by atoms with Crippen LogP contribution in [0.2, 0.25) is 0 Å². The first-order valence-corrected chi connectivity index (χ1v) is 15.1. The van der Waals surface area contributed by atoms with Crippen molar-refractivity contribution in [3.05, 3.63) is 112 Å². The Bertz CT molecular complexity index is 1650. The quantitative estimate of drug-likeness (QED) is 0.0566. The van der Waals surface area contributed by atoms with Crippen molar-refractivity contribution in [3.8, 4) is 0 Å². The number of non-ortho nitro benzene ring substituents is 1. The van der Waals surface area contributed by atoms with Crippen LogP contribution in [0.15, 0.2) is 84.9 Å². The average Bonchev–Trinajstić information content (AvgIpc) is 3.32. The van der Waals surface area contributed by atoms with Crippen LogP contribution in [0.1, 0.15) is 36.5 Å².